The third-order valence-electron chi connectivity index (χ3n) is 3.26. The van der Waals surface area contributed by atoms with Gasteiger partial charge in [0.2, 0.25) is 5.91 Å². The minimum Gasteiger partial charge on any atom is -0.496 e. The van der Waals surface area contributed by atoms with Crippen LogP contribution < -0.4 is 10.1 Å². The van der Waals surface area contributed by atoms with Gasteiger partial charge in [-0.25, -0.2) is 4.79 Å². The number of hydrogen-bond acceptors (Lipinski definition) is 3. The Morgan fingerprint density at radius 3 is 2.67 bits per heavy atom. The van der Waals surface area contributed by atoms with E-state index in [0.717, 1.165) is 24.8 Å². The van der Waals surface area contributed by atoms with E-state index in [0.29, 0.717) is 25.1 Å². The molecule has 1 rings (SSSR count). The van der Waals surface area contributed by atoms with Crippen molar-refractivity contribution in [3.63, 3.8) is 0 Å². The molecule has 2 N–H and O–H groups in total. The summed E-state index contributed by atoms with van der Waals surface area (Å²) < 4.78 is 5.20. The molecule has 21 heavy (non-hydrogen) atoms. The summed E-state index contributed by atoms with van der Waals surface area (Å²) in [6, 6.07) is 4.77. The van der Waals surface area contributed by atoms with E-state index in [2.05, 4.69) is 12.2 Å². The molecule has 1 aromatic rings. The molecule has 0 unspecified atom stereocenters. The summed E-state index contributed by atoms with van der Waals surface area (Å²) in [6.07, 6.45) is 4.25. The van der Waals surface area contributed by atoms with Gasteiger partial charge in [0.25, 0.3) is 0 Å². The molecule has 0 aliphatic rings. The van der Waals surface area contributed by atoms with Gasteiger partial charge in [0, 0.05) is 13.0 Å². The third kappa shape index (κ3) is 5.85. The van der Waals surface area contributed by atoms with Gasteiger partial charge in [-0.15, -0.1) is 0 Å². The zero-order valence-corrected chi connectivity index (χ0v) is 12.6. The summed E-state index contributed by atoms with van der Waals surface area (Å²) in [5.41, 5.74) is 1.08. The molecular formula is C16H23NO4. The Kier molecular flexibility index (Phi) is 7.29. The van der Waals surface area contributed by atoms with Crippen LogP contribution in [0.5, 0.6) is 5.75 Å². The predicted octanol–water partition coefficient (Wildman–Crippen LogP) is 2.63. The summed E-state index contributed by atoms with van der Waals surface area (Å²) in [5.74, 6) is -0.385. The third-order valence-corrected chi connectivity index (χ3v) is 3.26. The molecule has 0 aliphatic heterocycles. The molecule has 0 fully saturated rings. The molecule has 0 bridgehead atoms. The van der Waals surface area contributed by atoms with Crippen LogP contribution in [0.2, 0.25) is 0 Å². The number of aromatic carboxylic acids is 1. The Labute approximate surface area is 125 Å². The number of carbonyl (C=O) groups excluding carboxylic acids is 1. The lowest BCUT2D eigenvalue weighted by Gasteiger charge is -2.10. The second-order valence-corrected chi connectivity index (χ2v) is 4.89. The van der Waals surface area contributed by atoms with E-state index in [9.17, 15) is 9.59 Å². The SMILES string of the molecule is CCCCCC(=O)NCCc1ccc(C(=O)O)cc1OC. The number of rotatable bonds is 9. The van der Waals surface area contributed by atoms with Gasteiger partial charge in [-0.3, -0.25) is 4.79 Å². The Morgan fingerprint density at radius 1 is 1.29 bits per heavy atom. The number of carboxylic acid groups (broad SMARTS) is 1. The molecule has 5 nitrogen and oxygen atoms in total. The van der Waals surface area contributed by atoms with Crippen LogP contribution in [0.4, 0.5) is 0 Å². The number of methoxy groups -OCH3 is 1. The van der Waals surface area contributed by atoms with Gasteiger partial charge in [0.05, 0.1) is 12.7 Å². The van der Waals surface area contributed by atoms with Gasteiger partial charge in [-0.05, 0) is 30.5 Å². The Hall–Kier alpha value is -2.04. The van der Waals surface area contributed by atoms with Crippen molar-refractivity contribution < 1.29 is 19.4 Å². The zero-order valence-electron chi connectivity index (χ0n) is 12.6. The predicted molar refractivity (Wildman–Crippen MR) is 80.8 cm³/mol. The summed E-state index contributed by atoms with van der Waals surface area (Å²) in [5, 5.41) is 11.8. The highest BCUT2D eigenvalue weighted by Gasteiger charge is 2.09. The lowest BCUT2D eigenvalue weighted by atomic mass is 10.1. The number of carboxylic acids is 1. The first-order valence-corrected chi connectivity index (χ1v) is 7.25. The number of ether oxygens (including phenoxy) is 1. The molecule has 5 heteroatoms. The van der Waals surface area contributed by atoms with Crippen LogP contribution in [0, 0.1) is 0 Å². The van der Waals surface area contributed by atoms with Crippen molar-refractivity contribution in [2.24, 2.45) is 0 Å². The first-order chi connectivity index (χ1) is 10.1. The quantitative estimate of drug-likeness (QED) is 0.686. The minimum absolute atomic E-state index is 0.0598. The molecule has 0 atom stereocenters. The molecule has 0 saturated heterocycles. The Balaban J connectivity index is 2.48. The van der Waals surface area contributed by atoms with Crippen LogP contribution >= 0.6 is 0 Å². The van der Waals surface area contributed by atoms with Crippen LogP contribution in [0.15, 0.2) is 18.2 Å². The van der Waals surface area contributed by atoms with Crippen molar-refractivity contribution in [1.82, 2.24) is 5.32 Å². The van der Waals surface area contributed by atoms with E-state index >= 15 is 0 Å². The molecule has 0 aromatic heterocycles. The number of unbranched alkanes of at least 4 members (excludes halogenated alkanes) is 2. The van der Waals surface area contributed by atoms with Crippen LogP contribution in [0.3, 0.4) is 0 Å². The number of carbonyl (C=O) groups is 2. The molecular weight excluding hydrogens is 270 g/mol. The average molecular weight is 293 g/mol. The standard InChI is InChI=1S/C16H23NO4/c1-3-4-5-6-15(18)17-10-9-12-7-8-13(16(19)20)11-14(12)21-2/h7-8,11H,3-6,9-10H2,1-2H3,(H,17,18)(H,19,20). The first-order valence-electron chi connectivity index (χ1n) is 7.25. The van der Waals surface area contributed by atoms with Crippen molar-refractivity contribution in [2.75, 3.05) is 13.7 Å². The average Bonchev–Trinajstić information content (AvgIpc) is 2.47. The Bertz CT molecular complexity index is 485. The topological polar surface area (TPSA) is 75.6 Å². The smallest absolute Gasteiger partial charge is 0.335 e. The van der Waals surface area contributed by atoms with Crippen molar-refractivity contribution in [3.8, 4) is 5.75 Å². The molecule has 1 amide bonds. The maximum Gasteiger partial charge on any atom is 0.335 e. The molecule has 0 spiro atoms. The molecule has 116 valence electrons. The highest BCUT2D eigenvalue weighted by molar-refractivity contribution is 5.88. The van der Waals surface area contributed by atoms with Crippen LogP contribution in [-0.2, 0) is 11.2 Å². The summed E-state index contributed by atoms with van der Waals surface area (Å²) in [4.78, 5) is 22.5. The van der Waals surface area contributed by atoms with Crippen molar-refractivity contribution >= 4 is 11.9 Å². The van der Waals surface area contributed by atoms with Crippen molar-refractivity contribution in [2.45, 2.75) is 39.0 Å². The zero-order chi connectivity index (χ0) is 15.7. The minimum atomic E-state index is -0.982. The molecule has 0 saturated carbocycles. The fourth-order valence-corrected chi connectivity index (χ4v) is 2.04. The van der Waals surface area contributed by atoms with E-state index < -0.39 is 5.97 Å². The number of nitrogens with one attached hydrogen (secondary N) is 1. The first kappa shape index (κ1) is 17.0. The van der Waals surface area contributed by atoms with E-state index in [1.54, 1.807) is 12.1 Å². The van der Waals surface area contributed by atoms with Gasteiger partial charge in [0.15, 0.2) is 0 Å². The molecule has 0 aliphatic carbocycles. The van der Waals surface area contributed by atoms with E-state index in [1.165, 1.54) is 13.2 Å². The van der Waals surface area contributed by atoms with Crippen molar-refractivity contribution in [3.05, 3.63) is 29.3 Å². The van der Waals surface area contributed by atoms with E-state index in [-0.39, 0.29) is 11.5 Å². The van der Waals surface area contributed by atoms with Crippen LogP contribution in [-0.4, -0.2) is 30.6 Å². The second-order valence-electron chi connectivity index (χ2n) is 4.89. The fraction of sp³-hybridized carbons (Fsp3) is 0.500. The largest absolute Gasteiger partial charge is 0.496 e. The van der Waals surface area contributed by atoms with Crippen LogP contribution in [0.25, 0.3) is 0 Å². The van der Waals surface area contributed by atoms with Crippen LogP contribution in [0.1, 0.15) is 48.5 Å². The molecule has 1 aromatic carbocycles. The van der Waals surface area contributed by atoms with Gasteiger partial charge in [-0.2, -0.15) is 0 Å². The van der Waals surface area contributed by atoms with Gasteiger partial charge < -0.3 is 15.2 Å². The van der Waals surface area contributed by atoms with Gasteiger partial charge >= 0.3 is 5.97 Å². The van der Waals surface area contributed by atoms with Crippen molar-refractivity contribution in [1.29, 1.82) is 0 Å². The number of benzene rings is 1. The maximum atomic E-state index is 11.6. The number of hydrogen-bond donors (Lipinski definition) is 2. The monoisotopic (exact) mass is 293 g/mol. The maximum absolute atomic E-state index is 11.6. The molecule has 0 radical (unpaired) electrons. The summed E-state index contributed by atoms with van der Waals surface area (Å²) in [6.45, 7) is 2.62. The van der Waals surface area contributed by atoms with Gasteiger partial charge in [-0.1, -0.05) is 25.8 Å². The molecule has 0 heterocycles. The number of amides is 1. The lowest BCUT2D eigenvalue weighted by Crippen LogP contribution is -2.25. The Morgan fingerprint density at radius 2 is 2.05 bits per heavy atom. The second kappa shape index (κ2) is 9.00. The van der Waals surface area contributed by atoms with E-state index in [1.807, 2.05) is 0 Å². The summed E-state index contributed by atoms with van der Waals surface area (Å²) in [7, 11) is 1.51. The normalized spacial score (nSPS) is 10.2. The highest BCUT2D eigenvalue weighted by atomic mass is 16.5. The van der Waals surface area contributed by atoms with E-state index in [4.69, 9.17) is 9.84 Å². The summed E-state index contributed by atoms with van der Waals surface area (Å²) >= 11 is 0. The fourth-order valence-electron chi connectivity index (χ4n) is 2.04. The van der Waals surface area contributed by atoms with Gasteiger partial charge in [0.1, 0.15) is 5.75 Å². The lowest BCUT2D eigenvalue weighted by molar-refractivity contribution is -0.121. The highest BCUT2D eigenvalue weighted by Crippen LogP contribution is 2.20.